The highest BCUT2D eigenvalue weighted by atomic mass is 79.9. The van der Waals surface area contributed by atoms with E-state index in [0.29, 0.717) is 6.61 Å². The Bertz CT molecular complexity index is 302. The number of hydrogen-bond acceptors (Lipinski definition) is 3. The predicted molar refractivity (Wildman–Crippen MR) is 61.9 cm³/mol. The van der Waals surface area contributed by atoms with Gasteiger partial charge in [0.25, 0.3) is 0 Å². The highest BCUT2D eigenvalue weighted by molar-refractivity contribution is 9.10. The van der Waals surface area contributed by atoms with Crippen LogP contribution in [0.25, 0.3) is 0 Å². The van der Waals surface area contributed by atoms with E-state index in [1.807, 2.05) is 18.2 Å². The molecule has 0 spiro atoms. The van der Waals surface area contributed by atoms with Gasteiger partial charge in [0, 0.05) is 11.1 Å². The van der Waals surface area contributed by atoms with Gasteiger partial charge in [-0.1, -0.05) is 15.9 Å². The largest absolute Gasteiger partial charge is 0.494 e. The smallest absolute Gasteiger partial charge is 0.119 e. The average Bonchev–Trinajstić information content (AvgIpc) is 2.26. The summed E-state index contributed by atoms with van der Waals surface area (Å²) >= 11 is 3.34. The van der Waals surface area contributed by atoms with Crippen molar-refractivity contribution in [1.82, 2.24) is 0 Å². The SMILES string of the molecule is OCCCCOc1ccc(Br)c(CO)c1. The van der Waals surface area contributed by atoms with E-state index in [0.717, 1.165) is 28.6 Å². The molecule has 0 saturated heterocycles. The molecule has 1 rings (SSSR count). The lowest BCUT2D eigenvalue weighted by Gasteiger charge is -2.08. The van der Waals surface area contributed by atoms with Crippen LogP contribution in [0.15, 0.2) is 22.7 Å². The number of rotatable bonds is 6. The van der Waals surface area contributed by atoms with Crippen LogP contribution in [0.3, 0.4) is 0 Å². The first-order valence-corrected chi connectivity index (χ1v) is 5.70. The van der Waals surface area contributed by atoms with E-state index in [4.69, 9.17) is 14.9 Å². The van der Waals surface area contributed by atoms with Crippen LogP contribution in [-0.2, 0) is 6.61 Å². The molecule has 4 heteroatoms. The van der Waals surface area contributed by atoms with E-state index >= 15 is 0 Å². The van der Waals surface area contributed by atoms with Crippen LogP contribution < -0.4 is 4.74 Å². The van der Waals surface area contributed by atoms with Crippen molar-refractivity contribution < 1.29 is 14.9 Å². The average molecular weight is 275 g/mol. The molecule has 84 valence electrons. The fourth-order valence-corrected chi connectivity index (χ4v) is 1.54. The van der Waals surface area contributed by atoms with Gasteiger partial charge in [-0.15, -0.1) is 0 Å². The van der Waals surface area contributed by atoms with Gasteiger partial charge in [0.1, 0.15) is 5.75 Å². The Morgan fingerprint density at radius 2 is 2.00 bits per heavy atom. The molecule has 2 N–H and O–H groups in total. The molecule has 0 bridgehead atoms. The number of aliphatic hydroxyl groups is 2. The second-order valence-electron chi connectivity index (χ2n) is 3.19. The van der Waals surface area contributed by atoms with Crippen molar-refractivity contribution in [2.75, 3.05) is 13.2 Å². The molecule has 0 aromatic heterocycles. The molecule has 0 aliphatic heterocycles. The third kappa shape index (κ3) is 4.20. The van der Waals surface area contributed by atoms with Gasteiger partial charge in [0.05, 0.1) is 13.2 Å². The molecule has 0 atom stereocenters. The van der Waals surface area contributed by atoms with Crippen LogP contribution in [0.2, 0.25) is 0 Å². The Labute approximate surface area is 97.8 Å². The first-order chi connectivity index (χ1) is 7.27. The maximum absolute atomic E-state index is 9.03. The van der Waals surface area contributed by atoms with Crippen molar-refractivity contribution in [2.45, 2.75) is 19.4 Å². The Hall–Kier alpha value is -0.580. The van der Waals surface area contributed by atoms with E-state index in [-0.39, 0.29) is 13.2 Å². The molecule has 0 heterocycles. The van der Waals surface area contributed by atoms with Crippen LogP contribution >= 0.6 is 15.9 Å². The summed E-state index contributed by atoms with van der Waals surface area (Å²) in [6.45, 7) is 0.785. The first kappa shape index (κ1) is 12.5. The van der Waals surface area contributed by atoms with E-state index in [1.54, 1.807) is 0 Å². The summed E-state index contributed by atoms with van der Waals surface area (Å²) in [5.41, 5.74) is 0.814. The number of aliphatic hydroxyl groups excluding tert-OH is 2. The van der Waals surface area contributed by atoms with Gasteiger partial charge in [-0.2, -0.15) is 0 Å². The summed E-state index contributed by atoms with van der Waals surface area (Å²) in [4.78, 5) is 0. The molecule has 0 aliphatic rings. The quantitative estimate of drug-likeness (QED) is 0.782. The summed E-state index contributed by atoms with van der Waals surface area (Å²) in [6.07, 6.45) is 1.59. The lowest BCUT2D eigenvalue weighted by atomic mass is 10.2. The van der Waals surface area contributed by atoms with Crippen molar-refractivity contribution in [2.24, 2.45) is 0 Å². The van der Waals surface area contributed by atoms with Crippen molar-refractivity contribution >= 4 is 15.9 Å². The van der Waals surface area contributed by atoms with Crippen LogP contribution in [0.5, 0.6) is 5.75 Å². The summed E-state index contributed by atoms with van der Waals surface area (Å²) in [6, 6.07) is 5.51. The molecule has 0 amide bonds. The van der Waals surface area contributed by atoms with Gasteiger partial charge < -0.3 is 14.9 Å². The Morgan fingerprint density at radius 3 is 2.67 bits per heavy atom. The third-order valence-electron chi connectivity index (χ3n) is 2.01. The Morgan fingerprint density at radius 1 is 1.20 bits per heavy atom. The molecule has 3 nitrogen and oxygen atoms in total. The van der Waals surface area contributed by atoms with E-state index < -0.39 is 0 Å². The lowest BCUT2D eigenvalue weighted by molar-refractivity contribution is 0.252. The summed E-state index contributed by atoms with van der Waals surface area (Å²) in [5.74, 6) is 0.750. The molecule has 0 aliphatic carbocycles. The van der Waals surface area contributed by atoms with Gasteiger partial charge in [-0.25, -0.2) is 0 Å². The molecule has 0 fully saturated rings. The Balaban J connectivity index is 2.47. The molecule has 1 aromatic carbocycles. The van der Waals surface area contributed by atoms with Gasteiger partial charge in [0.15, 0.2) is 0 Å². The first-order valence-electron chi connectivity index (χ1n) is 4.91. The van der Waals surface area contributed by atoms with E-state index in [1.165, 1.54) is 0 Å². The van der Waals surface area contributed by atoms with Crippen molar-refractivity contribution in [3.8, 4) is 5.75 Å². The molecule has 15 heavy (non-hydrogen) atoms. The topological polar surface area (TPSA) is 49.7 Å². The standard InChI is InChI=1S/C11H15BrO3/c12-11-4-3-10(7-9(11)8-14)15-6-2-1-5-13/h3-4,7,13-14H,1-2,5-6,8H2. The maximum atomic E-state index is 9.03. The second-order valence-corrected chi connectivity index (χ2v) is 4.04. The molecular weight excluding hydrogens is 260 g/mol. The molecule has 0 radical (unpaired) electrons. The van der Waals surface area contributed by atoms with Crippen LogP contribution in [-0.4, -0.2) is 23.4 Å². The van der Waals surface area contributed by atoms with Crippen LogP contribution in [0.1, 0.15) is 18.4 Å². The maximum Gasteiger partial charge on any atom is 0.119 e. The van der Waals surface area contributed by atoms with E-state index in [2.05, 4.69) is 15.9 Å². The lowest BCUT2D eigenvalue weighted by Crippen LogP contribution is -1.99. The van der Waals surface area contributed by atoms with Gasteiger partial charge in [-0.05, 0) is 36.6 Å². The molecule has 1 aromatic rings. The molecular formula is C11H15BrO3. The Kier molecular flexibility index (Phi) is 5.68. The molecule has 0 saturated carbocycles. The van der Waals surface area contributed by atoms with E-state index in [9.17, 15) is 0 Å². The zero-order valence-electron chi connectivity index (χ0n) is 8.45. The number of hydrogen-bond donors (Lipinski definition) is 2. The minimum atomic E-state index is -0.00553. The predicted octanol–water partition coefficient (Wildman–Crippen LogP) is 2.09. The number of ether oxygens (including phenoxy) is 1. The van der Waals surface area contributed by atoms with Crippen LogP contribution in [0.4, 0.5) is 0 Å². The minimum absolute atomic E-state index is 0.00553. The van der Waals surface area contributed by atoms with Crippen molar-refractivity contribution in [3.63, 3.8) is 0 Å². The monoisotopic (exact) mass is 274 g/mol. The second kappa shape index (κ2) is 6.82. The minimum Gasteiger partial charge on any atom is -0.494 e. The zero-order chi connectivity index (χ0) is 11.1. The molecule has 0 unspecified atom stereocenters. The summed E-state index contributed by atoms with van der Waals surface area (Å²) in [5, 5.41) is 17.6. The fourth-order valence-electron chi connectivity index (χ4n) is 1.17. The fraction of sp³-hybridized carbons (Fsp3) is 0.455. The van der Waals surface area contributed by atoms with Crippen molar-refractivity contribution in [1.29, 1.82) is 0 Å². The summed E-state index contributed by atoms with van der Waals surface area (Å²) < 4.78 is 6.34. The van der Waals surface area contributed by atoms with Crippen LogP contribution in [0, 0.1) is 0 Å². The highest BCUT2D eigenvalue weighted by Gasteiger charge is 2.01. The van der Waals surface area contributed by atoms with Gasteiger partial charge in [0.2, 0.25) is 0 Å². The van der Waals surface area contributed by atoms with Gasteiger partial charge >= 0.3 is 0 Å². The third-order valence-corrected chi connectivity index (χ3v) is 2.78. The zero-order valence-corrected chi connectivity index (χ0v) is 10.0. The number of halogens is 1. The normalized spacial score (nSPS) is 10.3. The van der Waals surface area contributed by atoms with Gasteiger partial charge in [-0.3, -0.25) is 0 Å². The number of benzene rings is 1. The number of unbranched alkanes of at least 4 members (excludes halogenated alkanes) is 1. The van der Waals surface area contributed by atoms with Crippen molar-refractivity contribution in [3.05, 3.63) is 28.2 Å². The highest BCUT2D eigenvalue weighted by Crippen LogP contribution is 2.22. The summed E-state index contributed by atoms with van der Waals surface area (Å²) in [7, 11) is 0.